The van der Waals surface area contributed by atoms with Crippen molar-refractivity contribution in [3.05, 3.63) is 24.3 Å². The van der Waals surface area contributed by atoms with Crippen LogP contribution in [0.4, 0.5) is 0 Å². The fourth-order valence-corrected chi connectivity index (χ4v) is 8.63. The maximum absolute atomic E-state index is 12.8. The molecular formula is C60H114NO8+. The molecule has 0 saturated heterocycles. The topological polar surface area (TPSA) is 108 Å². The second-order valence-corrected chi connectivity index (χ2v) is 21.3. The molecule has 0 spiro atoms. The summed E-state index contributed by atoms with van der Waals surface area (Å²) in [5.41, 5.74) is 0. The number of carboxylic acid groups (broad SMARTS) is 1. The van der Waals surface area contributed by atoms with Gasteiger partial charge in [-0.1, -0.05) is 250 Å². The highest BCUT2D eigenvalue weighted by Gasteiger charge is 2.25. The van der Waals surface area contributed by atoms with Crippen molar-refractivity contribution in [1.29, 1.82) is 0 Å². The molecule has 9 heteroatoms. The van der Waals surface area contributed by atoms with Gasteiger partial charge in [-0.25, -0.2) is 4.79 Å². The minimum Gasteiger partial charge on any atom is -0.477 e. The van der Waals surface area contributed by atoms with Crippen LogP contribution in [0.1, 0.15) is 284 Å². The van der Waals surface area contributed by atoms with Crippen LogP contribution >= 0.6 is 0 Å². The fraction of sp³-hybridized carbons (Fsp3) is 0.883. The summed E-state index contributed by atoms with van der Waals surface area (Å²) in [4.78, 5) is 36.9. The van der Waals surface area contributed by atoms with Gasteiger partial charge in [0.2, 0.25) is 0 Å². The minimum atomic E-state index is -1.50. The van der Waals surface area contributed by atoms with Crippen molar-refractivity contribution >= 4 is 17.9 Å². The number of ether oxygens (including phenoxy) is 4. The van der Waals surface area contributed by atoms with E-state index in [1.165, 1.54) is 199 Å². The monoisotopic (exact) mass is 977 g/mol. The largest absolute Gasteiger partial charge is 0.477 e. The number of nitrogens with zero attached hydrogens (tertiary/aromatic N) is 1. The second kappa shape index (κ2) is 52.1. The normalized spacial score (nSPS) is 12.9. The van der Waals surface area contributed by atoms with Crippen molar-refractivity contribution in [1.82, 2.24) is 0 Å². The van der Waals surface area contributed by atoms with Gasteiger partial charge in [0, 0.05) is 12.8 Å². The number of hydrogen-bond acceptors (Lipinski definition) is 7. The minimum absolute atomic E-state index is 0.178. The first-order valence-corrected chi connectivity index (χ1v) is 29.5. The lowest BCUT2D eigenvalue weighted by molar-refractivity contribution is -0.870. The lowest BCUT2D eigenvalue weighted by atomic mass is 10.0. The number of rotatable bonds is 55. The van der Waals surface area contributed by atoms with Crippen LogP contribution in [0.25, 0.3) is 0 Å². The number of carbonyl (C=O) groups excluding carboxylic acids is 2. The van der Waals surface area contributed by atoms with Gasteiger partial charge in [-0.2, -0.15) is 0 Å². The first-order valence-electron chi connectivity index (χ1n) is 29.5. The maximum Gasteiger partial charge on any atom is 0.361 e. The Balaban J connectivity index is 3.75. The summed E-state index contributed by atoms with van der Waals surface area (Å²) in [6, 6.07) is 0. The summed E-state index contributed by atoms with van der Waals surface area (Å²) in [5.74, 6) is -2.00. The number of carbonyl (C=O) groups is 3. The van der Waals surface area contributed by atoms with Crippen LogP contribution in [0.15, 0.2) is 24.3 Å². The quantitative estimate of drug-likeness (QED) is 0.0211. The van der Waals surface area contributed by atoms with Crippen molar-refractivity contribution in [3.63, 3.8) is 0 Å². The summed E-state index contributed by atoms with van der Waals surface area (Å²) < 4.78 is 22.6. The Morgan fingerprint density at radius 3 is 1.14 bits per heavy atom. The van der Waals surface area contributed by atoms with Crippen molar-refractivity contribution < 1.29 is 42.9 Å². The predicted molar refractivity (Wildman–Crippen MR) is 291 cm³/mol. The molecule has 0 aromatic rings. The molecule has 0 rings (SSSR count). The number of unbranched alkanes of at least 4 members (excludes halogenated alkanes) is 36. The zero-order valence-electron chi connectivity index (χ0n) is 46.2. The maximum atomic E-state index is 12.8. The van der Waals surface area contributed by atoms with E-state index in [0.717, 1.165) is 57.8 Å². The number of esters is 2. The molecular weight excluding hydrogens is 863 g/mol. The van der Waals surface area contributed by atoms with Crippen LogP contribution in [0.3, 0.4) is 0 Å². The van der Waals surface area contributed by atoms with Crippen LogP contribution in [-0.4, -0.2) is 87.4 Å². The molecule has 9 nitrogen and oxygen atoms in total. The molecule has 1 N–H and O–H groups in total. The van der Waals surface area contributed by atoms with Gasteiger partial charge >= 0.3 is 17.9 Å². The summed E-state index contributed by atoms with van der Waals surface area (Å²) >= 11 is 0. The zero-order chi connectivity index (χ0) is 50.6. The highest BCUT2D eigenvalue weighted by Crippen LogP contribution is 2.17. The number of hydrogen-bond donors (Lipinski definition) is 1. The van der Waals surface area contributed by atoms with E-state index in [4.69, 9.17) is 18.9 Å². The van der Waals surface area contributed by atoms with E-state index < -0.39 is 24.3 Å². The van der Waals surface area contributed by atoms with Crippen molar-refractivity contribution in [2.24, 2.45) is 0 Å². The van der Waals surface area contributed by atoms with Crippen molar-refractivity contribution in [2.45, 2.75) is 296 Å². The van der Waals surface area contributed by atoms with E-state index in [-0.39, 0.29) is 32.2 Å². The highest BCUT2D eigenvalue weighted by molar-refractivity contribution is 5.71. The number of quaternary nitrogens is 1. The highest BCUT2D eigenvalue weighted by atomic mass is 16.7. The van der Waals surface area contributed by atoms with Crippen molar-refractivity contribution in [2.75, 3.05) is 47.5 Å². The summed E-state index contributed by atoms with van der Waals surface area (Å²) in [6.07, 6.45) is 59.3. The first kappa shape index (κ1) is 66.8. The molecule has 2 atom stereocenters. The SMILES string of the molecule is CCCCCCC/C=C\C/C=C\CCCCCCCCCCCCCCCCCCCCCCCCCCCCCC(=O)OC(COC(=O)CCCCCCC)COC(OCC[N+](C)(C)C)C(=O)O. The van der Waals surface area contributed by atoms with Crippen LogP contribution in [0.2, 0.25) is 0 Å². The molecule has 0 saturated carbocycles. The van der Waals surface area contributed by atoms with Crippen LogP contribution in [0.5, 0.6) is 0 Å². The Morgan fingerprint density at radius 2 is 0.783 bits per heavy atom. The van der Waals surface area contributed by atoms with E-state index in [1.807, 2.05) is 21.1 Å². The summed E-state index contributed by atoms with van der Waals surface area (Å²) in [5, 5.41) is 9.61. The van der Waals surface area contributed by atoms with Gasteiger partial charge in [-0.05, 0) is 44.9 Å². The fourth-order valence-electron chi connectivity index (χ4n) is 8.63. The van der Waals surface area contributed by atoms with E-state index in [1.54, 1.807) is 0 Å². The van der Waals surface area contributed by atoms with Crippen molar-refractivity contribution in [3.8, 4) is 0 Å². The molecule has 69 heavy (non-hydrogen) atoms. The van der Waals surface area contributed by atoms with Gasteiger partial charge in [0.05, 0.1) is 34.4 Å². The third-order valence-electron chi connectivity index (χ3n) is 13.2. The van der Waals surface area contributed by atoms with Gasteiger partial charge in [-0.15, -0.1) is 0 Å². The number of likely N-dealkylation sites (N-methyl/N-ethyl adjacent to an activating group) is 1. The molecule has 0 aromatic carbocycles. The smallest absolute Gasteiger partial charge is 0.361 e. The summed E-state index contributed by atoms with van der Waals surface area (Å²) in [7, 11) is 5.96. The number of aliphatic carboxylic acids is 1. The second-order valence-electron chi connectivity index (χ2n) is 21.3. The molecule has 0 aromatic heterocycles. The van der Waals surface area contributed by atoms with Crippen LogP contribution in [0, 0.1) is 0 Å². The number of carboxylic acids is 1. The van der Waals surface area contributed by atoms with Gasteiger partial charge in [-0.3, -0.25) is 9.59 Å². The van der Waals surface area contributed by atoms with Crippen LogP contribution < -0.4 is 0 Å². The molecule has 0 aliphatic heterocycles. The van der Waals surface area contributed by atoms with Crippen LogP contribution in [-0.2, 0) is 33.3 Å². The third kappa shape index (κ3) is 53.4. The molecule has 0 aliphatic carbocycles. The van der Waals surface area contributed by atoms with E-state index in [0.29, 0.717) is 17.4 Å². The average Bonchev–Trinajstić information content (AvgIpc) is 3.31. The molecule has 0 heterocycles. The van der Waals surface area contributed by atoms with Gasteiger partial charge < -0.3 is 28.5 Å². The van der Waals surface area contributed by atoms with E-state index in [2.05, 4.69) is 38.2 Å². The lowest BCUT2D eigenvalue weighted by Gasteiger charge is -2.25. The Hall–Kier alpha value is -2.23. The Morgan fingerprint density at radius 1 is 0.435 bits per heavy atom. The molecule has 0 amide bonds. The lowest BCUT2D eigenvalue weighted by Crippen LogP contribution is -2.40. The third-order valence-corrected chi connectivity index (χ3v) is 13.2. The van der Waals surface area contributed by atoms with E-state index in [9.17, 15) is 19.5 Å². The average molecular weight is 978 g/mol. The molecule has 0 bridgehead atoms. The molecule has 0 aliphatic rings. The molecule has 2 unspecified atom stereocenters. The Kier molecular flexibility index (Phi) is 50.4. The van der Waals surface area contributed by atoms with Gasteiger partial charge in [0.1, 0.15) is 13.2 Å². The number of allylic oxidation sites excluding steroid dienone is 4. The first-order chi connectivity index (χ1) is 33.6. The van der Waals surface area contributed by atoms with E-state index >= 15 is 0 Å². The molecule has 406 valence electrons. The summed E-state index contributed by atoms with van der Waals surface area (Å²) in [6.45, 7) is 4.80. The Labute approximate surface area is 427 Å². The molecule has 0 radical (unpaired) electrons. The molecule has 0 fully saturated rings. The predicted octanol–water partition coefficient (Wildman–Crippen LogP) is 17.1. The van der Waals surface area contributed by atoms with Gasteiger partial charge in [0.15, 0.2) is 6.10 Å². The standard InChI is InChI=1S/C60H113NO8/c1-6-8-10-12-13-14-15-16-17-18-19-20-21-22-23-24-25-26-27-28-29-30-31-32-33-34-35-36-37-38-39-40-41-42-43-44-45-47-49-51-58(63)69-56(54-67-57(62)50-48-46-11-9-7-2)55-68-60(59(64)65)66-53-52-61(3,4)5/h15-16,18-19,56,60H,6-14,17,20-55H2,1-5H3/p+1/b16-15-,19-18-. The van der Waals surface area contributed by atoms with Gasteiger partial charge in [0.25, 0.3) is 6.29 Å². The Bertz CT molecular complexity index is 1180. The zero-order valence-corrected chi connectivity index (χ0v) is 46.2.